The summed E-state index contributed by atoms with van der Waals surface area (Å²) in [6.07, 6.45) is 13.5. The molecular formula is C22H31ClN2O. The van der Waals surface area contributed by atoms with Gasteiger partial charge >= 0.3 is 0 Å². The summed E-state index contributed by atoms with van der Waals surface area (Å²) in [6, 6.07) is 4.03. The van der Waals surface area contributed by atoms with Crippen LogP contribution in [-0.2, 0) is 0 Å². The number of aliphatic imine (C=N–C) groups is 2. The van der Waals surface area contributed by atoms with Crippen LogP contribution in [-0.4, -0.2) is 25.0 Å². The lowest BCUT2D eigenvalue weighted by atomic mass is 10.0. The first kappa shape index (κ1) is 22.2. The van der Waals surface area contributed by atoms with Crippen molar-refractivity contribution in [1.29, 1.82) is 0 Å². The molecule has 0 unspecified atom stereocenters. The molecule has 0 saturated carbocycles. The molecule has 0 radical (unpaired) electrons. The number of hydrogen-bond acceptors (Lipinski definition) is 3. The average molecular weight is 375 g/mol. The van der Waals surface area contributed by atoms with Gasteiger partial charge < -0.3 is 4.74 Å². The molecule has 0 saturated heterocycles. The molecule has 0 aromatic heterocycles. The number of halogens is 1. The summed E-state index contributed by atoms with van der Waals surface area (Å²) in [5, 5.41) is 0.459. The van der Waals surface area contributed by atoms with Gasteiger partial charge in [-0.1, -0.05) is 56.9 Å². The van der Waals surface area contributed by atoms with E-state index < -0.39 is 0 Å². The molecule has 0 heterocycles. The summed E-state index contributed by atoms with van der Waals surface area (Å²) in [6.45, 7) is 6.31. The van der Waals surface area contributed by atoms with Crippen LogP contribution in [0.15, 0.2) is 46.5 Å². The van der Waals surface area contributed by atoms with E-state index in [1.807, 2.05) is 25.1 Å². The van der Waals surface area contributed by atoms with Crippen LogP contribution < -0.4 is 4.74 Å². The Morgan fingerprint density at radius 2 is 1.92 bits per heavy atom. The van der Waals surface area contributed by atoms with E-state index in [-0.39, 0.29) is 0 Å². The van der Waals surface area contributed by atoms with Crippen LogP contribution in [0.5, 0.6) is 5.75 Å². The maximum absolute atomic E-state index is 6.47. The van der Waals surface area contributed by atoms with Crippen molar-refractivity contribution in [2.75, 3.05) is 14.2 Å². The van der Waals surface area contributed by atoms with E-state index in [1.54, 1.807) is 20.4 Å². The maximum Gasteiger partial charge on any atom is 0.136 e. The standard InChI is InChI=1S/C22H31ClN2O/c1-6-8-10-11-13-20(24-4)18-15-19(17(3)21(16-18)26-5)22(23)25-14-12-9-7-2/h11-16H,6-10H2,1-5H3/b13-11-,14-12+,24-20?,25-22?. The van der Waals surface area contributed by atoms with Gasteiger partial charge in [-0.05, 0) is 38.0 Å². The average Bonchev–Trinajstić information content (AvgIpc) is 2.65. The lowest BCUT2D eigenvalue weighted by molar-refractivity contribution is 0.411. The normalized spacial score (nSPS) is 13.2. The van der Waals surface area contributed by atoms with Gasteiger partial charge in [-0.15, -0.1) is 0 Å². The highest BCUT2D eigenvalue weighted by molar-refractivity contribution is 6.69. The Labute approximate surface area is 163 Å². The summed E-state index contributed by atoms with van der Waals surface area (Å²) in [5.74, 6) is 0.784. The maximum atomic E-state index is 6.47. The number of methoxy groups -OCH3 is 1. The molecule has 0 N–H and O–H groups in total. The van der Waals surface area contributed by atoms with Crippen LogP contribution >= 0.6 is 11.6 Å². The summed E-state index contributed by atoms with van der Waals surface area (Å²) in [5.41, 5.74) is 3.72. The van der Waals surface area contributed by atoms with E-state index in [1.165, 1.54) is 12.8 Å². The smallest absolute Gasteiger partial charge is 0.136 e. The van der Waals surface area contributed by atoms with E-state index >= 15 is 0 Å². The van der Waals surface area contributed by atoms with Gasteiger partial charge in [0, 0.05) is 29.9 Å². The third kappa shape index (κ3) is 6.80. The van der Waals surface area contributed by atoms with Crippen LogP contribution in [0.3, 0.4) is 0 Å². The topological polar surface area (TPSA) is 34.0 Å². The van der Waals surface area contributed by atoms with Gasteiger partial charge in [0.15, 0.2) is 0 Å². The zero-order chi connectivity index (χ0) is 19.4. The second kappa shape index (κ2) is 12.5. The van der Waals surface area contributed by atoms with Gasteiger partial charge in [-0.25, -0.2) is 4.99 Å². The first-order valence-electron chi connectivity index (χ1n) is 9.29. The Morgan fingerprint density at radius 1 is 1.15 bits per heavy atom. The van der Waals surface area contributed by atoms with E-state index in [2.05, 4.69) is 36.0 Å². The van der Waals surface area contributed by atoms with Crippen molar-refractivity contribution in [3.05, 3.63) is 53.3 Å². The fraction of sp³-hybridized carbons (Fsp3) is 0.455. The number of unbranched alkanes of at least 4 members (excludes halogenated alkanes) is 3. The molecule has 0 aliphatic heterocycles. The molecule has 1 rings (SSSR count). The van der Waals surface area contributed by atoms with Crippen molar-refractivity contribution in [3.63, 3.8) is 0 Å². The molecular weight excluding hydrogens is 344 g/mol. The van der Waals surface area contributed by atoms with Crippen LogP contribution in [0.2, 0.25) is 0 Å². The second-order valence-electron chi connectivity index (χ2n) is 6.10. The van der Waals surface area contributed by atoms with E-state index in [0.29, 0.717) is 5.17 Å². The fourth-order valence-electron chi connectivity index (χ4n) is 2.51. The molecule has 0 spiro atoms. The molecule has 26 heavy (non-hydrogen) atoms. The minimum Gasteiger partial charge on any atom is -0.496 e. The predicted molar refractivity (Wildman–Crippen MR) is 115 cm³/mol. The Morgan fingerprint density at radius 3 is 2.54 bits per heavy atom. The first-order valence-corrected chi connectivity index (χ1v) is 9.67. The predicted octanol–water partition coefficient (Wildman–Crippen LogP) is 6.47. The summed E-state index contributed by atoms with van der Waals surface area (Å²) in [7, 11) is 3.47. The van der Waals surface area contributed by atoms with E-state index in [4.69, 9.17) is 16.3 Å². The van der Waals surface area contributed by atoms with Crippen molar-refractivity contribution in [1.82, 2.24) is 0 Å². The van der Waals surface area contributed by atoms with Crippen molar-refractivity contribution < 1.29 is 4.74 Å². The molecule has 4 heteroatoms. The molecule has 0 atom stereocenters. The molecule has 1 aromatic carbocycles. The lowest BCUT2D eigenvalue weighted by Gasteiger charge is -2.13. The first-order chi connectivity index (χ1) is 12.6. The lowest BCUT2D eigenvalue weighted by Crippen LogP contribution is -2.04. The third-order valence-electron chi connectivity index (χ3n) is 4.09. The molecule has 3 nitrogen and oxygen atoms in total. The van der Waals surface area contributed by atoms with Gasteiger partial charge in [0.1, 0.15) is 10.9 Å². The summed E-state index contributed by atoms with van der Waals surface area (Å²) < 4.78 is 5.55. The van der Waals surface area contributed by atoms with Crippen molar-refractivity contribution >= 4 is 22.5 Å². The molecule has 0 bridgehead atoms. The Bertz CT molecular complexity index is 688. The quantitative estimate of drug-likeness (QED) is 0.341. The van der Waals surface area contributed by atoms with Gasteiger partial charge in [0.2, 0.25) is 0 Å². The number of hydrogen-bond donors (Lipinski definition) is 0. The van der Waals surface area contributed by atoms with Crippen LogP contribution in [0.4, 0.5) is 0 Å². The molecule has 0 fully saturated rings. The molecule has 0 aliphatic rings. The fourth-order valence-corrected chi connectivity index (χ4v) is 2.76. The SMILES string of the molecule is CCC/C=C/N=C(Cl)c1cc(C(/C=C\CCCC)=NC)cc(OC)c1C. The summed E-state index contributed by atoms with van der Waals surface area (Å²) in [4.78, 5) is 8.79. The number of nitrogens with zero attached hydrogens (tertiary/aromatic N) is 2. The van der Waals surface area contributed by atoms with Crippen LogP contribution in [0.1, 0.15) is 62.6 Å². The van der Waals surface area contributed by atoms with Gasteiger partial charge in [0.25, 0.3) is 0 Å². The van der Waals surface area contributed by atoms with Gasteiger partial charge in [-0.2, -0.15) is 0 Å². The number of allylic oxidation sites excluding steroid dienone is 3. The van der Waals surface area contributed by atoms with Crippen molar-refractivity contribution in [3.8, 4) is 5.75 Å². The van der Waals surface area contributed by atoms with E-state index in [0.717, 1.165) is 47.4 Å². The molecule has 142 valence electrons. The Hall–Kier alpha value is -1.87. The minimum absolute atomic E-state index is 0.459. The van der Waals surface area contributed by atoms with Crippen molar-refractivity contribution in [2.45, 2.75) is 52.9 Å². The minimum atomic E-state index is 0.459. The zero-order valence-electron chi connectivity index (χ0n) is 16.7. The monoisotopic (exact) mass is 374 g/mol. The largest absolute Gasteiger partial charge is 0.496 e. The van der Waals surface area contributed by atoms with Crippen molar-refractivity contribution in [2.24, 2.45) is 9.98 Å². The van der Waals surface area contributed by atoms with Gasteiger partial charge in [-0.3, -0.25) is 4.99 Å². The molecule has 1 aromatic rings. The molecule has 0 aliphatic carbocycles. The third-order valence-corrected chi connectivity index (χ3v) is 4.39. The number of ether oxygens (including phenoxy) is 1. The number of benzene rings is 1. The molecule has 0 amide bonds. The van der Waals surface area contributed by atoms with Crippen LogP contribution in [0, 0.1) is 6.92 Å². The van der Waals surface area contributed by atoms with Crippen LogP contribution in [0.25, 0.3) is 0 Å². The second-order valence-corrected chi connectivity index (χ2v) is 6.46. The Balaban J connectivity index is 3.24. The zero-order valence-corrected chi connectivity index (χ0v) is 17.4. The number of rotatable bonds is 10. The van der Waals surface area contributed by atoms with E-state index in [9.17, 15) is 0 Å². The Kier molecular flexibility index (Phi) is 10.6. The highest BCUT2D eigenvalue weighted by atomic mass is 35.5. The highest BCUT2D eigenvalue weighted by Crippen LogP contribution is 2.26. The van der Waals surface area contributed by atoms with Gasteiger partial charge in [0.05, 0.1) is 12.8 Å². The highest BCUT2D eigenvalue weighted by Gasteiger charge is 2.13. The summed E-state index contributed by atoms with van der Waals surface area (Å²) >= 11 is 6.47.